The largest absolute Gasteiger partial charge is 0.462 e. The summed E-state index contributed by atoms with van der Waals surface area (Å²) in [6.07, 6.45) is 65.4. The molecule has 6 nitrogen and oxygen atoms in total. The smallest absolute Gasteiger partial charge is 0.306 e. The van der Waals surface area contributed by atoms with Crippen LogP contribution in [0.4, 0.5) is 0 Å². The molecule has 0 N–H and O–H groups in total. The molecule has 0 aliphatic rings. The van der Waals surface area contributed by atoms with Gasteiger partial charge in [0.25, 0.3) is 0 Å². The van der Waals surface area contributed by atoms with E-state index < -0.39 is 6.10 Å². The molecule has 428 valence electrons. The number of rotatable bonds is 60. The van der Waals surface area contributed by atoms with Crippen LogP contribution in [0.1, 0.15) is 375 Å². The lowest BCUT2D eigenvalue weighted by atomic mass is 10.0. The predicted octanol–water partition coefficient (Wildman–Crippen LogP) is 22.0. The third-order valence-corrected chi connectivity index (χ3v) is 15.2. The first-order valence-electron chi connectivity index (χ1n) is 32.7. The van der Waals surface area contributed by atoms with E-state index in [1.165, 1.54) is 263 Å². The van der Waals surface area contributed by atoms with Gasteiger partial charge < -0.3 is 14.2 Å². The lowest BCUT2D eigenvalue weighted by Crippen LogP contribution is -2.30. The molecule has 6 heteroatoms. The van der Waals surface area contributed by atoms with E-state index in [2.05, 4.69) is 34.6 Å². The van der Waals surface area contributed by atoms with Gasteiger partial charge in [-0.1, -0.05) is 336 Å². The standard InChI is InChI=1S/C66H128O6/c1-6-7-8-9-10-11-12-13-26-31-36-41-46-51-56-64(67)70-59-63(72-66(69)58-53-48-43-38-33-28-23-19-18-21-25-30-35-40-45-50-55-62(4)5)60-71-65(68)57-52-47-42-37-32-27-22-17-15-14-16-20-24-29-34-39-44-49-54-61(2)3/h61-63H,6-60H2,1-5H3/t63-/m1/s1. The highest BCUT2D eigenvalue weighted by atomic mass is 16.6. The van der Waals surface area contributed by atoms with E-state index in [4.69, 9.17) is 14.2 Å². The van der Waals surface area contributed by atoms with Gasteiger partial charge >= 0.3 is 17.9 Å². The SMILES string of the molecule is CCCCCCCCCCCCCCCCC(=O)OC[C@H](COC(=O)CCCCCCCCCCCCCCCCCCCCC(C)C)OC(=O)CCCCCCCCCCCCCCCCCCC(C)C. The van der Waals surface area contributed by atoms with Crippen LogP contribution in [-0.2, 0) is 28.6 Å². The van der Waals surface area contributed by atoms with Crippen LogP contribution in [0, 0.1) is 11.8 Å². The van der Waals surface area contributed by atoms with E-state index in [1.54, 1.807) is 0 Å². The summed E-state index contributed by atoms with van der Waals surface area (Å²) in [6, 6.07) is 0. The van der Waals surface area contributed by atoms with E-state index in [0.29, 0.717) is 19.3 Å². The molecule has 0 aromatic heterocycles. The Labute approximate surface area is 450 Å². The van der Waals surface area contributed by atoms with Crippen molar-refractivity contribution in [3.05, 3.63) is 0 Å². The molecule has 0 aliphatic carbocycles. The number of carbonyl (C=O) groups is 3. The summed E-state index contributed by atoms with van der Waals surface area (Å²) in [6.45, 7) is 11.5. The monoisotopic (exact) mass is 1020 g/mol. The van der Waals surface area contributed by atoms with Crippen LogP contribution in [0.5, 0.6) is 0 Å². The summed E-state index contributed by atoms with van der Waals surface area (Å²) < 4.78 is 17.0. The van der Waals surface area contributed by atoms with Crippen molar-refractivity contribution in [1.29, 1.82) is 0 Å². The summed E-state index contributed by atoms with van der Waals surface area (Å²) >= 11 is 0. The van der Waals surface area contributed by atoms with Gasteiger partial charge in [-0.2, -0.15) is 0 Å². The maximum atomic E-state index is 12.9. The van der Waals surface area contributed by atoms with Crippen LogP contribution < -0.4 is 0 Å². The van der Waals surface area contributed by atoms with E-state index in [9.17, 15) is 14.4 Å². The molecule has 0 amide bonds. The van der Waals surface area contributed by atoms with Crippen LogP contribution in [0.3, 0.4) is 0 Å². The quantitative estimate of drug-likeness (QED) is 0.0343. The zero-order chi connectivity index (χ0) is 52.5. The molecular weight excluding hydrogens is 889 g/mol. The Morgan fingerprint density at radius 2 is 0.458 bits per heavy atom. The van der Waals surface area contributed by atoms with Crippen molar-refractivity contribution in [2.24, 2.45) is 11.8 Å². The summed E-state index contributed by atoms with van der Waals surface area (Å²) in [5.74, 6) is 0.882. The van der Waals surface area contributed by atoms with Gasteiger partial charge in [-0.3, -0.25) is 14.4 Å². The molecule has 1 atom stereocenters. The molecule has 0 aromatic rings. The lowest BCUT2D eigenvalue weighted by molar-refractivity contribution is -0.167. The maximum Gasteiger partial charge on any atom is 0.306 e. The highest BCUT2D eigenvalue weighted by Gasteiger charge is 2.19. The van der Waals surface area contributed by atoms with Crippen molar-refractivity contribution in [2.75, 3.05) is 13.2 Å². The van der Waals surface area contributed by atoms with Gasteiger partial charge in [0.2, 0.25) is 0 Å². The Morgan fingerprint density at radius 3 is 0.681 bits per heavy atom. The lowest BCUT2D eigenvalue weighted by Gasteiger charge is -2.18. The number of esters is 3. The summed E-state index contributed by atoms with van der Waals surface area (Å²) in [7, 11) is 0. The minimum Gasteiger partial charge on any atom is -0.462 e. The molecule has 0 aromatic carbocycles. The van der Waals surface area contributed by atoms with Crippen molar-refractivity contribution in [3.63, 3.8) is 0 Å². The van der Waals surface area contributed by atoms with Crippen LogP contribution in [0.2, 0.25) is 0 Å². The Morgan fingerprint density at radius 1 is 0.264 bits per heavy atom. The minimum atomic E-state index is -0.763. The Balaban J connectivity index is 4.25. The van der Waals surface area contributed by atoms with Gasteiger partial charge in [-0.25, -0.2) is 0 Å². The second-order valence-electron chi connectivity index (χ2n) is 23.7. The summed E-state index contributed by atoms with van der Waals surface area (Å²) in [5.41, 5.74) is 0. The second-order valence-corrected chi connectivity index (χ2v) is 23.7. The van der Waals surface area contributed by atoms with Crippen LogP contribution in [0.15, 0.2) is 0 Å². The van der Waals surface area contributed by atoms with Crippen molar-refractivity contribution in [3.8, 4) is 0 Å². The Bertz CT molecular complexity index is 1100. The van der Waals surface area contributed by atoms with Crippen LogP contribution in [0.25, 0.3) is 0 Å². The van der Waals surface area contributed by atoms with Gasteiger partial charge in [0, 0.05) is 19.3 Å². The number of hydrogen-bond acceptors (Lipinski definition) is 6. The molecule has 0 bridgehead atoms. The van der Waals surface area contributed by atoms with Crippen molar-refractivity contribution in [1.82, 2.24) is 0 Å². The van der Waals surface area contributed by atoms with E-state index in [-0.39, 0.29) is 31.1 Å². The molecule has 0 saturated carbocycles. The maximum absolute atomic E-state index is 12.9. The predicted molar refractivity (Wildman–Crippen MR) is 312 cm³/mol. The highest BCUT2D eigenvalue weighted by molar-refractivity contribution is 5.71. The van der Waals surface area contributed by atoms with E-state index in [0.717, 1.165) is 69.6 Å². The Kier molecular flexibility index (Phi) is 57.4. The molecule has 0 saturated heterocycles. The van der Waals surface area contributed by atoms with Gasteiger partial charge in [0.05, 0.1) is 0 Å². The fourth-order valence-electron chi connectivity index (χ4n) is 10.3. The molecule has 0 fully saturated rings. The second kappa shape index (κ2) is 58.7. The van der Waals surface area contributed by atoms with Gasteiger partial charge in [0.15, 0.2) is 6.10 Å². The number of hydrogen-bond donors (Lipinski definition) is 0. The third-order valence-electron chi connectivity index (χ3n) is 15.2. The molecule has 0 rings (SSSR count). The third kappa shape index (κ3) is 59.3. The molecule has 72 heavy (non-hydrogen) atoms. The normalized spacial score (nSPS) is 12.0. The molecule has 0 spiro atoms. The fourth-order valence-corrected chi connectivity index (χ4v) is 10.3. The average Bonchev–Trinajstić information content (AvgIpc) is 3.36. The first kappa shape index (κ1) is 70.4. The van der Waals surface area contributed by atoms with E-state index >= 15 is 0 Å². The topological polar surface area (TPSA) is 78.9 Å². The number of ether oxygens (including phenoxy) is 3. The molecule has 0 heterocycles. The first-order chi connectivity index (χ1) is 35.2. The van der Waals surface area contributed by atoms with Crippen molar-refractivity contribution >= 4 is 17.9 Å². The molecule has 0 radical (unpaired) electrons. The molecule has 0 aliphatic heterocycles. The van der Waals surface area contributed by atoms with Crippen molar-refractivity contribution < 1.29 is 28.6 Å². The minimum absolute atomic E-state index is 0.0616. The van der Waals surface area contributed by atoms with Gasteiger partial charge in [-0.05, 0) is 31.1 Å². The molecule has 0 unspecified atom stereocenters. The molecular formula is C66H128O6. The van der Waals surface area contributed by atoms with Crippen molar-refractivity contribution in [2.45, 2.75) is 381 Å². The number of unbranched alkanes of at least 4 members (excludes halogenated alkanes) is 45. The van der Waals surface area contributed by atoms with Crippen LogP contribution in [-0.4, -0.2) is 37.2 Å². The highest BCUT2D eigenvalue weighted by Crippen LogP contribution is 2.19. The zero-order valence-corrected chi connectivity index (χ0v) is 49.6. The first-order valence-corrected chi connectivity index (χ1v) is 32.7. The van der Waals surface area contributed by atoms with E-state index in [1.807, 2.05) is 0 Å². The average molecular weight is 1020 g/mol. The summed E-state index contributed by atoms with van der Waals surface area (Å²) in [5, 5.41) is 0. The van der Waals surface area contributed by atoms with Gasteiger partial charge in [0.1, 0.15) is 13.2 Å². The fraction of sp³-hybridized carbons (Fsp3) is 0.955. The van der Waals surface area contributed by atoms with Gasteiger partial charge in [-0.15, -0.1) is 0 Å². The zero-order valence-electron chi connectivity index (χ0n) is 49.6. The van der Waals surface area contributed by atoms with Crippen LogP contribution >= 0.6 is 0 Å². The number of carbonyl (C=O) groups excluding carboxylic acids is 3. The summed E-state index contributed by atoms with van der Waals surface area (Å²) in [4.78, 5) is 38.3. The Hall–Kier alpha value is -1.59.